The molecule has 1 rings (SSSR count). The molecule has 15 heavy (non-hydrogen) atoms. The highest BCUT2D eigenvalue weighted by Crippen LogP contribution is 2.11. The van der Waals surface area contributed by atoms with Crippen LogP contribution in [0, 0.1) is 5.92 Å². The standard InChI is InChI=1S/C13H18ClN/c1-11(2)10-15-8-4-6-12-5-3-7-13(14)9-12/h3-7,9,11,15H,8,10H2,1-2H3. The summed E-state index contributed by atoms with van der Waals surface area (Å²) in [5.74, 6) is 0.699. The van der Waals surface area contributed by atoms with Crippen LogP contribution in [0.25, 0.3) is 6.08 Å². The van der Waals surface area contributed by atoms with Crippen molar-refractivity contribution in [3.05, 3.63) is 40.9 Å². The normalized spacial score (nSPS) is 11.5. The van der Waals surface area contributed by atoms with E-state index in [4.69, 9.17) is 11.6 Å². The summed E-state index contributed by atoms with van der Waals surface area (Å²) in [6.07, 6.45) is 4.20. The van der Waals surface area contributed by atoms with Gasteiger partial charge in [0, 0.05) is 11.6 Å². The van der Waals surface area contributed by atoms with Crippen LogP contribution in [0.3, 0.4) is 0 Å². The lowest BCUT2D eigenvalue weighted by atomic mass is 10.2. The van der Waals surface area contributed by atoms with E-state index in [2.05, 4.69) is 31.3 Å². The smallest absolute Gasteiger partial charge is 0.0411 e. The molecule has 0 aliphatic heterocycles. The van der Waals surface area contributed by atoms with E-state index in [-0.39, 0.29) is 0 Å². The van der Waals surface area contributed by atoms with Crippen molar-refractivity contribution in [2.24, 2.45) is 5.92 Å². The predicted octanol–water partition coefficient (Wildman–Crippen LogP) is 3.60. The Kier molecular flexibility index (Phi) is 5.44. The zero-order chi connectivity index (χ0) is 11.1. The fourth-order valence-electron chi connectivity index (χ4n) is 1.26. The highest BCUT2D eigenvalue weighted by atomic mass is 35.5. The van der Waals surface area contributed by atoms with Crippen molar-refractivity contribution in [1.82, 2.24) is 5.32 Å². The Morgan fingerprint density at radius 1 is 1.40 bits per heavy atom. The molecule has 0 aliphatic rings. The van der Waals surface area contributed by atoms with Crippen molar-refractivity contribution in [3.8, 4) is 0 Å². The summed E-state index contributed by atoms with van der Waals surface area (Å²) in [4.78, 5) is 0. The van der Waals surface area contributed by atoms with Crippen LogP contribution in [0.5, 0.6) is 0 Å². The number of benzene rings is 1. The number of hydrogen-bond acceptors (Lipinski definition) is 1. The van der Waals surface area contributed by atoms with Gasteiger partial charge in [-0.3, -0.25) is 0 Å². The minimum Gasteiger partial charge on any atom is -0.313 e. The molecule has 0 aromatic heterocycles. The van der Waals surface area contributed by atoms with E-state index in [1.54, 1.807) is 0 Å². The summed E-state index contributed by atoms with van der Waals surface area (Å²) >= 11 is 5.88. The molecule has 0 heterocycles. The van der Waals surface area contributed by atoms with E-state index in [1.807, 2.05) is 24.3 Å². The SMILES string of the molecule is CC(C)CNCC=Cc1cccc(Cl)c1. The molecule has 0 radical (unpaired) electrons. The molecule has 0 unspecified atom stereocenters. The van der Waals surface area contributed by atoms with Gasteiger partial charge in [-0.2, -0.15) is 0 Å². The summed E-state index contributed by atoms with van der Waals surface area (Å²) < 4.78 is 0. The van der Waals surface area contributed by atoms with E-state index >= 15 is 0 Å². The van der Waals surface area contributed by atoms with E-state index in [0.29, 0.717) is 5.92 Å². The molecule has 0 amide bonds. The molecule has 0 saturated carbocycles. The minimum absolute atomic E-state index is 0.699. The minimum atomic E-state index is 0.699. The van der Waals surface area contributed by atoms with Gasteiger partial charge in [0.2, 0.25) is 0 Å². The number of hydrogen-bond donors (Lipinski definition) is 1. The molecule has 0 atom stereocenters. The van der Waals surface area contributed by atoms with Gasteiger partial charge in [0.15, 0.2) is 0 Å². The quantitative estimate of drug-likeness (QED) is 0.753. The van der Waals surface area contributed by atoms with Crippen LogP contribution in [0.2, 0.25) is 5.02 Å². The zero-order valence-electron chi connectivity index (χ0n) is 9.33. The Balaban J connectivity index is 2.32. The number of nitrogens with one attached hydrogen (secondary N) is 1. The van der Waals surface area contributed by atoms with E-state index in [1.165, 1.54) is 0 Å². The molecule has 1 N–H and O–H groups in total. The second-order valence-electron chi connectivity index (χ2n) is 4.01. The summed E-state index contributed by atoms with van der Waals surface area (Å²) in [6, 6.07) is 7.85. The van der Waals surface area contributed by atoms with Crippen molar-refractivity contribution in [1.29, 1.82) is 0 Å². The second kappa shape index (κ2) is 6.65. The van der Waals surface area contributed by atoms with Crippen LogP contribution < -0.4 is 5.32 Å². The van der Waals surface area contributed by atoms with Crippen LogP contribution >= 0.6 is 11.6 Å². The van der Waals surface area contributed by atoms with Crippen molar-refractivity contribution >= 4 is 17.7 Å². The molecule has 2 heteroatoms. The zero-order valence-corrected chi connectivity index (χ0v) is 10.1. The molecular weight excluding hydrogens is 206 g/mol. The maximum Gasteiger partial charge on any atom is 0.0411 e. The molecule has 1 aromatic rings. The lowest BCUT2D eigenvalue weighted by Gasteiger charge is -2.03. The van der Waals surface area contributed by atoms with Crippen molar-refractivity contribution in [2.75, 3.05) is 13.1 Å². The van der Waals surface area contributed by atoms with Gasteiger partial charge in [0.05, 0.1) is 0 Å². The Labute approximate surface area is 97.1 Å². The lowest BCUT2D eigenvalue weighted by molar-refractivity contribution is 0.577. The van der Waals surface area contributed by atoms with Gasteiger partial charge in [-0.15, -0.1) is 0 Å². The Morgan fingerprint density at radius 3 is 2.87 bits per heavy atom. The highest BCUT2D eigenvalue weighted by Gasteiger charge is 1.90. The molecular formula is C13H18ClN. The largest absolute Gasteiger partial charge is 0.313 e. The van der Waals surface area contributed by atoms with Gasteiger partial charge in [0.25, 0.3) is 0 Å². The molecule has 1 aromatic carbocycles. The third-order valence-corrected chi connectivity index (χ3v) is 2.21. The van der Waals surface area contributed by atoms with Crippen LogP contribution in [-0.4, -0.2) is 13.1 Å². The third-order valence-electron chi connectivity index (χ3n) is 1.97. The van der Waals surface area contributed by atoms with Gasteiger partial charge < -0.3 is 5.32 Å². The first kappa shape index (κ1) is 12.3. The first-order valence-electron chi connectivity index (χ1n) is 5.31. The average Bonchev–Trinajstić information content (AvgIpc) is 2.17. The van der Waals surface area contributed by atoms with Crippen LogP contribution in [0.1, 0.15) is 19.4 Å². The van der Waals surface area contributed by atoms with Gasteiger partial charge in [-0.25, -0.2) is 0 Å². The molecule has 0 aliphatic carbocycles. The molecule has 0 saturated heterocycles. The van der Waals surface area contributed by atoms with E-state index in [0.717, 1.165) is 23.7 Å². The fourth-order valence-corrected chi connectivity index (χ4v) is 1.46. The van der Waals surface area contributed by atoms with Gasteiger partial charge >= 0.3 is 0 Å². The van der Waals surface area contributed by atoms with E-state index < -0.39 is 0 Å². The number of halogens is 1. The van der Waals surface area contributed by atoms with Crippen LogP contribution in [0.15, 0.2) is 30.3 Å². The van der Waals surface area contributed by atoms with Crippen molar-refractivity contribution in [3.63, 3.8) is 0 Å². The van der Waals surface area contributed by atoms with Crippen molar-refractivity contribution in [2.45, 2.75) is 13.8 Å². The Hall–Kier alpha value is -0.790. The number of rotatable bonds is 5. The fraction of sp³-hybridized carbons (Fsp3) is 0.385. The monoisotopic (exact) mass is 223 g/mol. The van der Waals surface area contributed by atoms with E-state index in [9.17, 15) is 0 Å². The third kappa shape index (κ3) is 5.60. The Bertz CT molecular complexity index is 318. The topological polar surface area (TPSA) is 12.0 Å². The molecule has 0 bridgehead atoms. The lowest BCUT2D eigenvalue weighted by Crippen LogP contribution is -2.19. The van der Waals surface area contributed by atoms with Crippen LogP contribution in [0.4, 0.5) is 0 Å². The highest BCUT2D eigenvalue weighted by molar-refractivity contribution is 6.30. The van der Waals surface area contributed by atoms with Gasteiger partial charge in [-0.1, -0.05) is 49.7 Å². The maximum absolute atomic E-state index is 5.88. The summed E-state index contributed by atoms with van der Waals surface area (Å²) in [7, 11) is 0. The maximum atomic E-state index is 5.88. The average molecular weight is 224 g/mol. The van der Waals surface area contributed by atoms with Crippen molar-refractivity contribution < 1.29 is 0 Å². The molecule has 82 valence electrons. The molecule has 0 spiro atoms. The summed E-state index contributed by atoms with van der Waals surface area (Å²) in [5.41, 5.74) is 1.15. The summed E-state index contributed by atoms with van der Waals surface area (Å²) in [5, 5.41) is 4.13. The first-order chi connectivity index (χ1) is 7.18. The first-order valence-corrected chi connectivity index (χ1v) is 5.69. The van der Waals surface area contributed by atoms with Gasteiger partial charge in [-0.05, 0) is 30.2 Å². The Morgan fingerprint density at radius 2 is 2.20 bits per heavy atom. The van der Waals surface area contributed by atoms with Gasteiger partial charge in [0.1, 0.15) is 0 Å². The molecule has 1 nitrogen and oxygen atoms in total. The predicted molar refractivity (Wildman–Crippen MR) is 68.2 cm³/mol. The second-order valence-corrected chi connectivity index (χ2v) is 4.45. The summed E-state index contributed by atoms with van der Waals surface area (Å²) in [6.45, 7) is 6.37. The van der Waals surface area contributed by atoms with Crippen LogP contribution in [-0.2, 0) is 0 Å². The molecule has 0 fully saturated rings.